The lowest BCUT2D eigenvalue weighted by atomic mass is 9.87. The predicted octanol–water partition coefficient (Wildman–Crippen LogP) is 2.17. The van der Waals surface area contributed by atoms with Gasteiger partial charge in [-0.15, -0.1) is 0 Å². The number of carbonyl (C=O) groups is 1. The summed E-state index contributed by atoms with van der Waals surface area (Å²) >= 11 is 0. The van der Waals surface area contributed by atoms with Crippen LogP contribution < -0.4 is 5.32 Å². The van der Waals surface area contributed by atoms with Crippen molar-refractivity contribution in [3.05, 3.63) is 0 Å². The van der Waals surface area contributed by atoms with Gasteiger partial charge in [0.25, 0.3) is 0 Å². The molecule has 0 aromatic heterocycles. The van der Waals surface area contributed by atoms with Crippen molar-refractivity contribution in [2.24, 2.45) is 11.8 Å². The predicted molar refractivity (Wildman–Crippen MR) is 85.0 cm³/mol. The summed E-state index contributed by atoms with van der Waals surface area (Å²) in [7, 11) is 0. The molecule has 4 nitrogen and oxygen atoms in total. The molecule has 1 heterocycles. The Hall–Kier alpha value is -0.610. The third kappa shape index (κ3) is 5.95. The molecule has 0 radical (unpaired) electrons. The zero-order chi connectivity index (χ0) is 15.1. The highest BCUT2D eigenvalue weighted by Gasteiger charge is 2.24. The van der Waals surface area contributed by atoms with Crippen LogP contribution in [0, 0.1) is 11.8 Å². The highest BCUT2D eigenvalue weighted by Crippen LogP contribution is 2.25. The lowest BCUT2D eigenvalue weighted by Crippen LogP contribution is -2.44. The van der Waals surface area contributed by atoms with Crippen molar-refractivity contribution in [1.82, 2.24) is 10.2 Å². The van der Waals surface area contributed by atoms with Gasteiger partial charge in [-0.1, -0.05) is 32.1 Å². The minimum atomic E-state index is -0.262. The molecule has 2 unspecified atom stereocenters. The van der Waals surface area contributed by atoms with Crippen LogP contribution in [0.5, 0.6) is 0 Å². The topological polar surface area (TPSA) is 52.6 Å². The first-order chi connectivity index (χ1) is 10.1. The van der Waals surface area contributed by atoms with Gasteiger partial charge < -0.3 is 10.4 Å². The average Bonchev–Trinajstić information content (AvgIpc) is 2.48. The molecule has 1 saturated carbocycles. The number of nitrogens with one attached hydrogen (secondary N) is 1. The Labute approximate surface area is 129 Å². The van der Waals surface area contributed by atoms with Crippen molar-refractivity contribution in [2.75, 3.05) is 26.2 Å². The fraction of sp³-hybridized carbons (Fsp3) is 0.941. The number of rotatable bonds is 6. The maximum Gasteiger partial charge on any atom is 0.234 e. The summed E-state index contributed by atoms with van der Waals surface area (Å²) in [5, 5.41) is 12.8. The number of amides is 1. The van der Waals surface area contributed by atoms with Crippen LogP contribution in [0.25, 0.3) is 0 Å². The zero-order valence-corrected chi connectivity index (χ0v) is 13.5. The molecule has 2 fully saturated rings. The van der Waals surface area contributed by atoms with Crippen molar-refractivity contribution in [3.63, 3.8) is 0 Å². The number of aliphatic hydroxyl groups is 1. The molecule has 1 aliphatic heterocycles. The maximum absolute atomic E-state index is 12.0. The molecule has 0 bridgehead atoms. The minimum absolute atomic E-state index is 0.150. The number of nitrogens with zero attached hydrogens (tertiary/aromatic N) is 1. The Morgan fingerprint density at radius 1 is 1.24 bits per heavy atom. The van der Waals surface area contributed by atoms with E-state index in [1.54, 1.807) is 0 Å². The summed E-state index contributed by atoms with van der Waals surface area (Å²) in [5.74, 6) is 1.31. The van der Waals surface area contributed by atoms with Gasteiger partial charge in [0.2, 0.25) is 5.91 Å². The summed E-state index contributed by atoms with van der Waals surface area (Å²) in [6.07, 6.45) is 9.87. The molecule has 4 heteroatoms. The van der Waals surface area contributed by atoms with Crippen molar-refractivity contribution in [1.29, 1.82) is 0 Å². The van der Waals surface area contributed by atoms with E-state index in [-0.39, 0.29) is 12.0 Å². The quantitative estimate of drug-likeness (QED) is 0.790. The molecule has 0 aromatic rings. The van der Waals surface area contributed by atoms with Crippen LogP contribution in [0.1, 0.15) is 58.3 Å². The molecular formula is C17H32N2O2. The molecule has 2 N–H and O–H groups in total. The van der Waals surface area contributed by atoms with E-state index in [9.17, 15) is 9.90 Å². The Kier molecular flexibility index (Phi) is 6.97. The SMILES string of the molecule is CC(O)C1CCCN(CC(=O)NCCC2CCCCC2)C1. The van der Waals surface area contributed by atoms with Crippen LogP contribution in [-0.2, 0) is 4.79 Å². The minimum Gasteiger partial charge on any atom is -0.393 e. The average molecular weight is 296 g/mol. The van der Waals surface area contributed by atoms with Crippen molar-refractivity contribution in [2.45, 2.75) is 64.4 Å². The van der Waals surface area contributed by atoms with E-state index in [1.807, 2.05) is 6.92 Å². The highest BCUT2D eigenvalue weighted by atomic mass is 16.3. The van der Waals surface area contributed by atoms with E-state index in [0.29, 0.717) is 12.5 Å². The number of hydrogen-bond donors (Lipinski definition) is 2. The van der Waals surface area contributed by atoms with Gasteiger partial charge in [-0.05, 0) is 44.6 Å². The Morgan fingerprint density at radius 3 is 2.71 bits per heavy atom. The van der Waals surface area contributed by atoms with Crippen LogP contribution >= 0.6 is 0 Å². The molecule has 2 aliphatic rings. The molecule has 1 saturated heterocycles. The number of piperidine rings is 1. The fourth-order valence-corrected chi connectivity index (χ4v) is 3.78. The van der Waals surface area contributed by atoms with Crippen LogP contribution in [0.3, 0.4) is 0 Å². The first kappa shape index (κ1) is 16.8. The first-order valence-corrected chi connectivity index (χ1v) is 8.82. The van der Waals surface area contributed by atoms with Gasteiger partial charge in [0.05, 0.1) is 12.6 Å². The van der Waals surface area contributed by atoms with Gasteiger partial charge in [-0.3, -0.25) is 9.69 Å². The van der Waals surface area contributed by atoms with Crippen LogP contribution in [-0.4, -0.2) is 48.2 Å². The number of carbonyl (C=O) groups excluding carboxylic acids is 1. The molecule has 2 atom stereocenters. The second-order valence-electron chi connectivity index (χ2n) is 7.02. The van der Waals surface area contributed by atoms with Gasteiger partial charge in [-0.25, -0.2) is 0 Å². The van der Waals surface area contributed by atoms with Crippen LogP contribution in [0.4, 0.5) is 0 Å². The Morgan fingerprint density at radius 2 is 2.00 bits per heavy atom. The summed E-state index contributed by atoms with van der Waals surface area (Å²) < 4.78 is 0. The van der Waals surface area contributed by atoms with E-state index in [1.165, 1.54) is 32.1 Å². The molecule has 122 valence electrons. The highest BCUT2D eigenvalue weighted by molar-refractivity contribution is 5.77. The van der Waals surface area contributed by atoms with Gasteiger partial charge >= 0.3 is 0 Å². The summed E-state index contributed by atoms with van der Waals surface area (Å²) in [4.78, 5) is 14.2. The maximum atomic E-state index is 12.0. The van der Waals surface area contributed by atoms with E-state index < -0.39 is 0 Å². The Balaban J connectivity index is 1.60. The smallest absolute Gasteiger partial charge is 0.234 e. The molecular weight excluding hydrogens is 264 g/mol. The number of aliphatic hydroxyl groups excluding tert-OH is 1. The normalized spacial score (nSPS) is 26.5. The van der Waals surface area contributed by atoms with Gasteiger partial charge in [0.1, 0.15) is 0 Å². The largest absolute Gasteiger partial charge is 0.393 e. The molecule has 1 aliphatic carbocycles. The lowest BCUT2D eigenvalue weighted by Gasteiger charge is -2.33. The third-order valence-electron chi connectivity index (χ3n) is 5.19. The molecule has 2 rings (SSSR count). The van der Waals surface area contributed by atoms with E-state index in [0.717, 1.165) is 44.8 Å². The first-order valence-electron chi connectivity index (χ1n) is 8.82. The number of likely N-dealkylation sites (tertiary alicyclic amines) is 1. The van der Waals surface area contributed by atoms with Gasteiger partial charge in [-0.2, -0.15) is 0 Å². The van der Waals surface area contributed by atoms with Crippen molar-refractivity contribution in [3.8, 4) is 0 Å². The van der Waals surface area contributed by atoms with Crippen LogP contribution in [0.15, 0.2) is 0 Å². The summed E-state index contributed by atoms with van der Waals surface area (Å²) in [6.45, 7) is 5.02. The lowest BCUT2D eigenvalue weighted by molar-refractivity contribution is -0.123. The summed E-state index contributed by atoms with van der Waals surface area (Å²) in [5.41, 5.74) is 0. The molecule has 0 spiro atoms. The van der Waals surface area contributed by atoms with E-state index in [4.69, 9.17) is 0 Å². The van der Waals surface area contributed by atoms with Crippen molar-refractivity contribution < 1.29 is 9.90 Å². The second kappa shape index (κ2) is 8.74. The monoisotopic (exact) mass is 296 g/mol. The third-order valence-corrected chi connectivity index (χ3v) is 5.19. The van der Waals surface area contributed by atoms with Gasteiger partial charge in [0, 0.05) is 13.1 Å². The molecule has 1 amide bonds. The second-order valence-corrected chi connectivity index (χ2v) is 7.02. The standard InChI is InChI=1S/C17H32N2O2/c1-14(20)16-8-5-11-19(12-16)13-17(21)18-10-9-15-6-3-2-4-7-15/h14-16,20H,2-13H2,1H3,(H,18,21). The van der Waals surface area contributed by atoms with Gasteiger partial charge in [0.15, 0.2) is 0 Å². The molecule has 0 aromatic carbocycles. The van der Waals surface area contributed by atoms with E-state index >= 15 is 0 Å². The van der Waals surface area contributed by atoms with E-state index in [2.05, 4.69) is 10.2 Å². The number of hydrogen-bond acceptors (Lipinski definition) is 3. The van der Waals surface area contributed by atoms with Crippen LogP contribution in [0.2, 0.25) is 0 Å². The molecule has 21 heavy (non-hydrogen) atoms. The summed E-state index contributed by atoms with van der Waals surface area (Å²) in [6, 6.07) is 0. The fourth-order valence-electron chi connectivity index (χ4n) is 3.78. The van der Waals surface area contributed by atoms with Crippen molar-refractivity contribution >= 4 is 5.91 Å². The zero-order valence-electron chi connectivity index (χ0n) is 13.5. The Bertz CT molecular complexity index is 314.